The van der Waals surface area contributed by atoms with Gasteiger partial charge in [0.25, 0.3) is 0 Å². The predicted molar refractivity (Wildman–Crippen MR) is 73.3 cm³/mol. The first-order valence-electron chi connectivity index (χ1n) is 6.27. The number of aromatic nitrogens is 3. The Bertz CT molecular complexity index is 746. The fourth-order valence-corrected chi connectivity index (χ4v) is 2.42. The largest absolute Gasteiger partial charge is 0.341 e. The third-order valence-corrected chi connectivity index (χ3v) is 3.25. The molecule has 0 aliphatic heterocycles. The van der Waals surface area contributed by atoms with E-state index in [9.17, 15) is 4.39 Å². The van der Waals surface area contributed by atoms with Crippen LogP contribution in [0.2, 0.25) is 0 Å². The lowest BCUT2D eigenvalue weighted by atomic mass is 10.2. The maximum absolute atomic E-state index is 13.4. The lowest BCUT2D eigenvalue weighted by Crippen LogP contribution is -1.98. The van der Waals surface area contributed by atoms with Crippen molar-refractivity contribution >= 4 is 10.9 Å². The van der Waals surface area contributed by atoms with Crippen LogP contribution < -0.4 is 0 Å². The molecule has 4 heteroatoms. The predicted octanol–water partition coefficient (Wildman–Crippen LogP) is 3.57. The maximum atomic E-state index is 13.4. The Balaban J connectivity index is 2.29. The average molecular weight is 255 g/mol. The number of benzene rings is 1. The van der Waals surface area contributed by atoms with E-state index in [0.29, 0.717) is 0 Å². The molecule has 3 aromatic rings. The molecule has 2 heterocycles. The summed E-state index contributed by atoms with van der Waals surface area (Å²) in [4.78, 5) is 0. The Labute approximate surface area is 110 Å². The van der Waals surface area contributed by atoms with Crippen molar-refractivity contribution in [2.75, 3.05) is 0 Å². The second-order valence-electron chi connectivity index (χ2n) is 4.56. The molecule has 0 radical (unpaired) electrons. The molecule has 0 saturated heterocycles. The van der Waals surface area contributed by atoms with E-state index in [2.05, 4.69) is 27.8 Å². The molecule has 0 spiro atoms. The molecule has 0 atom stereocenters. The van der Waals surface area contributed by atoms with Crippen LogP contribution in [0, 0.1) is 12.7 Å². The van der Waals surface area contributed by atoms with Gasteiger partial charge in [-0.15, -0.1) is 0 Å². The molecule has 0 saturated carbocycles. The second-order valence-corrected chi connectivity index (χ2v) is 4.56. The quantitative estimate of drug-likeness (QED) is 0.701. The first kappa shape index (κ1) is 11.8. The lowest BCUT2D eigenvalue weighted by molar-refractivity contribution is 0.628. The van der Waals surface area contributed by atoms with Gasteiger partial charge < -0.3 is 4.57 Å². The van der Waals surface area contributed by atoms with E-state index in [0.717, 1.165) is 34.4 Å². The van der Waals surface area contributed by atoms with Gasteiger partial charge in [-0.25, -0.2) is 4.39 Å². The third-order valence-electron chi connectivity index (χ3n) is 3.25. The summed E-state index contributed by atoms with van der Waals surface area (Å²) in [5.41, 5.74) is 3.83. The van der Waals surface area contributed by atoms with Crippen LogP contribution in [0.15, 0.2) is 36.5 Å². The van der Waals surface area contributed by atoms with Crippen molar-refractivity contribution in [3.05, 3.63) is 48.0 Å². The number of aryl methyl sites for hydroxylation is 2. The van der Waals surface area contributed by atoms with Crippen LogP contribution in [-0.2, 0) is 6.54 Å². The molecular formula is C15H14FN3. The zero-order valence-electron chi connectivity index (χ0n) is 10.9. The van der Waals surface area contributed by atoms with Gasteiger partial charge in [-0.05, 0) is 44.2 Å². The van der Waals surface area contributed by atoms with Crippen molar-refractivity contribution in [1.29, 1.82) is 0 Å². The molecule has 0 unspecified atom stereocenters. The highest BCUT2D eigenvalue weighted by Gasteiger charge is 2.10. The summed E-state index contributed by atoms with van der Waals surface area (Å²) in [6.07, 6.45) is 1.74. The van der Waals surface area contributed by atoms with Crippen molar-refractivity contribution in [3.8, 4) is 11.3 Å². The van der Waals surface area contributed by atoms with Crippen LogP contribution in [-0.4, -0.2) is 14.8 Å². The van der Waals surface area contributed by atoms with Crippen molar-refractivity contribution < 1.29 is 4.39 Å². The van der Waals surface area contributed by atoms with Crippen molar-refractivity contribution in [3.63, 3.8) is 0 Å². The fourth-order valence-electron chi connectivity index (χ4n) is 2.42. The van der Waals surface area contributed by atoms with E-state index >= 15 is 0 Å². The highest BCUT2D eigenvalue weighted by Crippen LogP contribution is 2.28. The Morgan fingerprint density at radius 3 is 2.79 bits per heavy atom. The Hall–Kier alpha value is -2.23. The van der Waals surface area contributed by atoms with E-state index in [-0.39, 0.29) is 5.82 Å². The maximum Gasteiger partial charge on any atom is 0.125 e. The summed E-state index contributed by atoms with van der Waals surface area (Å²) in [6, 6.07) is 8.92. The summed E-state index contributed by atoms with van der Waals surface area (Å²) in [5, 5.41) is 8.99. The monoisotopic (exact) mass is 255 g/mol. The van der Waals surface area contributed by atoms with Gasteiger partial charge in [0.1, 0.15) is 5.82 Å². The summed E-state index contributed by atoms with van der Waals surface area (Å²) < 4.78 is 15.5. The van der Waals surface area contributed by atoms with Crippen LogP contribution in [0.25, 0.3) is 22.2 Å². The zero-order valence-corrected chi connectivity index (χ0v) is 10.9. The van der Waals surface area contributed by atoms with Crippen molar-refractivity contribution in [1.82, 2.24) is 14.8 Å². The van der Waals surface area contributed by atoms with Crippen molar-refractivity contribution in [2.24, 2.45) is 0 Å². The van der Waals surface area contributed by atoms with E-state index in [1.54, 1.807) is 12.3 Å². The van der Waals surface area contributed by atoms with Gasteiger partial charge in [-0.2, -0.15) is 10.2 Å². The smallest absolute Gasteiger partial charge is 0.125 e. The van der Waals surface area contributed by atoms with Crippen LogP contribution in [0.5, 0.6) is 0 Å². The Kier molecular flexibility index (Phi) is 2.78. The van der Waals surface area contributed by atoms with Gasteiger partial charge in [0.2, 0.25) is 0 Å². The minimum Gasteiger partial charge on any atom is -0.341 e. The van der Waals surface area contributed by atoms with Crippen LogP contribution in [0.1, 0.15) is 12.6 Å². The third kappa shape index (κ3) is 1.99. The van der Waals surface area contributed by atoms with Crippen LogP contribution >= 0.6 is 0 Å². The van der Waals surface area contributed by atoms with Crippen LogP contribution in [0.3, 0.4) is 0 Å². The molecule has 0 amide bonds. The highest BCUT2D eigenvalue weighted by atomic mass is 19.1. The standard InChI is InChI=1S/C15H14FN3/c1-3-19-14(12-6-10(2)18-17-9-12)7-11-4-5-13(16)8-15(11)19/h4-9H,3H2,1-2H3. The van der Waals surface area contributed by atoms with Gasteiger partial charge in [0.15, 0.2) is 0 Å². The molecule has 0 fully saturated rings. The molecule has 2 aromatic heterocycles. The van der Waals surface area contributed by atoms with E-state index in [1.165, 1.54) is 6.07 Å². The summed E-state index contributed by atoms with van der Waals surface area (Å²) >= 11 is 0. The van der Waals surface area contributed by atoms with Gasteiger partial charge in [-0.1, -0.05) is 0 Å². The molecule has 96 valence electrons. The SMILES string of the molecule is CCn1c(-c2cnnc(C)c2)cc2ccc(F)cc21. The van der Waals surface area contributed by atoms with E-state index in [1.807, 2.05) is 19.1 Å². The molecule has 0 N–H and O–H groups in total. The number of rotatable bonds is 2. The fraction of sp³-hybridized carbons (Fsp3) is 0.200. The molecule has 0 aliphatic carbocycles. The molecule has 19 heavy (non-hydrogen) atoms. The Morgan fingerprint density at radius 1 is 1.21 bits per heavy atom. The van der Waals surface area contributed by atoms with E-state index < -0.39 is 0 Å². The number of hydrogen-bond acceptors (Lipinski definition) is 2. The van der Waals surface area contributed by atoms with E-state index in [4.69, 9.17) is 0 Å². The highest BCUT2D eigenvalue weighted by molar-refractivity contribution is 5.87. The molecule has 1 aromatic carbocycles. The van der Waals surface area contributed by atoms with Gasteiger partial charge in [0.05, 0.1) is 23.1 Å². The lowest BCUT2D eigenvalue weighted by Gasteiger charge is -2.07. The molecular weight excluding hydrogens is 241 g/mol. The number of nitrogens with zero attached hydrogens (tertiary/aromatic N) is 3. The number of halogens is 1. The summed E-state index contributed by atoms with van der Waals surface area (Å²) in [5.74, 6) is -0.212. The van der Waals surface area contributed by atoms with Crippen molar-refractivity contribution in [2.45, 2.75) is 20.4 Å². The molecule has 3 rings (SSSR count). The van der Waals surface area contributed by atoms with Gasteiger partial charge >= 0.3 is 0 Å². The average Bonchev–Trinajstić information content (AvgIpc) is 2.76. The second kappa shape index (κ2) is 4.46. The summed E-state index contributed by atoms with van der Waals surface area (Å²) in [6.45, 7) is 4.74. The topological polar surface area (TPSA) is 30.7 Å². The normalized spacial score (nSPS) is 11.1. The molecule has 3 nitrogen and oxygen atoms in total. The first-order chi connectivity index (χ1) is 9.19. The minimum atomic E-state index is -0.212. The zero-order chi connectivity index (χ0) is 13.4. The first-order valence-corrected chi connectivity index (χ1v) is 6.27. The molecule has 0 aliphatic rings. The summed E-state index contributed by atoms with van der Waals surface area (Å²) in [7, 11) is 0. The number of hydrogen-bond donors (Lipinski definition) is 0. The van der Waals surface area contributed by atoms with Crippen LogP contribution in [0.4, 0.5) is 4.39 Å². The van der Waals surface area contributed by atoms with Gasteiger partial charge in [-0.3, -0.25) is 0 Å². The molecule has 0 bridgehead atoms. The minimum absolute atomic E-state index is 0.212. The van der Waals surface area contributed by atoms with Gasteiger partial charge in [0, 0.05) is 17.5 Å². The number of fused-ring (bicyclic) bond motifs is 1. The Morgan fingerprint density at radius 2 is 2.05 bits per heavy atom.